The van der Waals surface area contributed by atoms with Crippen LogP contribution in [0.4, 0.5) is 0 Å². The van der Waals surface area contributed by atoms with E-state index in [9.17, 15) is 18.0 Å². The monoisotopic (exact) mass is 413 g/mol. The number of halogens is 1. The SMILES string of the molecule is Cc1ccc(C(=O)COC(=O)c2ccc(Cl)c(S(=O)(=O)NC3CC3)c2)s1. The minimum absolute atomic E-state index is 0.0137. The first-order valence-corrected chi connectivity index (χ1v) is 10.5. The quantitative estimate of drug-likeness (QED) is 0.556. The highest BCUT2D eigenvalue weighted by Crippen LogP contribution is 2.27. The number of ketones is 1. The van der Waals surface area contributed by atoms with Crippen molar-refractivity contribution in [2.24, 2.45) is 0 Å². The Hall–Kier alpha value is -1.74. The summed E-state index contributed by atoms with van der Waals surface area (Å²) in [6.07, 6.45) is 1.56. The molecule has 0 atom stereocenters. The van der Waals surface area contributed by atoms with E-state index in [-0.39, 0.29) is 27.3 Å². The van der Waals surface area contributed by atoms with Gasteiger partial charge in [0, 0.05) is 10.9 Å². The fourth-order valence-electron chi connectivity index (χ4n) is 2.19. The molecule has 0 amide bonds. The van der Waals surface area contributed by atoms with Crippen LogP contribution >= 0.6 is 22.9 Å². The molecule has 1 aromatic carbocycles. The Kier molecular flexibility index (Phi) is 5.47. The van der Waals surface area contributed by atoms with Crippen LogP contribution in [0.5, 0.6) is 0 Å². The highest BCUT2D eigenvalue weighted by atomic mass is 35.5. The topological polar surface area (TPSA) is 89.5 Å². The number of hydrogen-bond acceptors (Lipinski definition) is 6. The average molecular weight is 414 g/mol. The highest BCUT2D eigenvalue weighted by Gasteiger charge is 2.29. The molecule has 0 saturated heterocycles. The maximum Gasteiger partial charge on any atom is 0.338 e. The van der Waals surface area contributed by atoms with Gasteiger partial charge in [0.25, 0.3) is 0 Å². The van der Waals surface area contributed by atoms with Gasteiger partial charge in [-0.25, -0.2) is 17.9 Å². The molecule has 0 radical (unpaired) electrons. The lowest BCUT2D eigenvalue weighted by atomic mass is 10.2. The number of benzene rings is 1. The van der Waals surface area contributed by atoms with E-state index in [0.29, 0.717) is 4.88 Å². The lowest BCUT2D eigenvalue weighted by Gasteiger charge is -2.09. The minimum Gasteiger partial charge on any atom is -0.454 e. The van der Waals surface area contributed by atoms with Gasteiger partial charge in [-0.1, -0.05) is 11.6 Å². The highest BCUT2D eigenvalue weighted by molar-refractivity contribution is 7.89. The van der Waals surface area contributed by atoms with E-state index in [2.05, 4.69) is 4.72 Å². The predicted octanol–water partition coefficient (Wildman–Crippen LogP) is 3.19. The zero-order valence-electron chi connectivity index (χ0n) is 13.8. The van der Waals surface area contributed by atoms with Crippen LogP contribution < -0.4 is 4.72 Å². The number of rotatable bonds is 7. The van der Waals surface area contributed by atoms with Crippen molar-refractivity contribution in [3.05, 3.63) is 50.7 Å². The Bertz CT molecular complexity index is 963. The second-order valence-corrected chi connectivity index (χ2v) is 9.33. The number of thiophene rings is 1. The van der Waals surface area contributed by atoms with Crippen molar-refractivity contribution < 1.29 is 22.7 Å². The zero-order chi connectivity index (χ0) is 18.9. The lowest BCUT2D eigenvalue weighted by Crippen LogP contribution is -2.26. The van der Waals surface area contributed by atoms with Gasteiger partial charge in [0.05, 0.1) is 15.5 Å². The van der Waals surface area contributed by atoms with Crippen LogP contribution in [0.25, 0.3) is 0 Å². The maximum atomic E-state index is 12.3. The van der Waals surface area contributed by atoms with Crippen LogP contribution in [0.2, 0.25) is 5.02 Å². The van der Waals surface area contributed by atoms with Crippen molar-refractivity contribution in [2.75, 3.05) is 6.61 Å². The first-order chi connectivity index (χ1) is 12.3. The Morgan fingerprint density at radius 1 is 1.27 bits per heavy atom. The van der Waals surface area contributed by atoms with Crippen LogP contribution in [0.3, 0.4) is 0 Å². The van der Waals surface area contributed by atoms with E-state index < -0.39 is 22.6 Å². The van der Waals surface area contributed by atoms with Gasteiger partial charge in [-0.3, -0.25) is 4.79 Å². The van der Waals surface area contributed by atoms with Gasteiger partial charge in [-0.15, -0.1) is 11.3 Å². The normalized spacial score (nSPS) is 14.2. The summed E-state index contributed by atoms with van der Waals surface area (Å²) in [6.45, 7) is 1.46. The number of nitrogens with one attached hydrogen (secondary N) is 1. The summed E-state index contributed by atoms with van der Waals surface area (Å²) in [4.78, 5) is 25.5. The summed E-state index contributed by atoms with van der Waals surface area (Å²) in [5.74, 6) is -1.10. The molecule has 1 aromatic heterocycles. The molecule has 1 N–H and O–H groups in total. The third-order valence-corrected chi connectivity index (χ3v) is 6.75. The number of ether oxygens (including phenoxy) is 1. The Labute approximate surface area is 160 Å². The van der Waals surface area contributed by atoms with Gasteiger partial charge >= 0.3 is 5.97 Å². The number of aryl methyl sites for hydroxylation is 1. The number of hydrogen-bond donors (Lipinski definition) is 1. The van der Waals surface area contributed by atoms with Crippen LogP contribution in [-0.2, 0) is 14.8 Å². The zero-order valence-corrected chi connectivity index (χ0v) is 16.2. The molecule has 1 heterocycles. The van der Waals surface area contributed by atoms with Gasteiger partial charge < -0.3 is 4.74 Å². The van der Waals surface area contributed by atoms with Gasteiger partial charge in [-0.05, 0) is 50.1 Å². The van der Waals surface area contributed by atoms with Gasteiger partial charge in [-0.2, -0.15) is 0 Å². The summed E-state index contributed by atoms with van der Waals surface area (Å²) in [5.41, 5.74) is 0.0146. The number of carbonyl (C=O) groups is 2. The predicted molar refractivity (Wildman–Crippen MR) is 98.5 cm³/mol. The van der Waals surface area contributed by atoms with Crippen molar-refractivity contribution in [1.82, 2.24) is 4.72 Å². The van der Waals surface area contributed by atoms with Crippen molar-refractivity contribution in [2.45, 2.75) is 30.7 Å². The van der Waals surface area contributed by atoms with Crippen molar-refractivity contribution in [1.29, 1.82) is 0 Å². The molecule has 1 fully saturated rings. The van der Waals surface area contributed by atoms with Crippen molar-refractivity contribution in [3.8, 4) is 0 Å². The summed E-state index contributed by atoms with van der Waals surface area (Å²) in [7, 11) is -3.81. The van der Waals surface area contributed by atoms with Crippen LogP contribution in [0, 0.1) is 6.92 Å². The van der Waals surface area contributed by atoms with Crippen LogP contribution in [0.15, 0.2) is 35.2 Å². The van der Waals surface area contributed by atoms with Gasteiger partial charge in [0.2, 0.25) is 15.8 Å². The number of esters is 1. The molecule has 0 spiro atoms. The molecule has 26 heavy (non-hydrogen) atoms. The Morgan fingerprint density at radius 2 is 2.00 bits per heavy atom. The minimum atomic E-state index is -3.81. The lowest BCUT2D eigenvalue weighted by molar-refractivity contribution is 0.0475. The van der Waals surface area contributed by atoms with E-state index >= 15 is 0 Å². The molecule has 138 valence electrons. The van der Waals surface area contributed by atoms with Gasteiger partial charge in [0.15, 0.2) is 6.61 Å². The van der Waals surface area contributed by atoms with E-state index in [0.717, 1.165) is 23.8 Å². The smallest absolute Gasteiger partial charge is 0.338 e. The summed E-state index contributed by atoms with van der Waals surface area (Å²) >= 11 is 7.29. The second-order valence-electron chi connectivity index (χ2n) is 5.95. The molecule has 0 aliphatic heterocycles. The molecule has 0 bridgehead atoms. The first-order valence-electron chi connectivity index (χ1n) is 7.85. The molecule has 1 aliphatic rings. The molecular weight excluding hydrogens is 398 g/mol. The second kappa shape index (κ2) is 7.48. The number of Topliss-reactive ketones (excluding diaryl/α,β-unsaturated/α-hetero) is 1. The Balaban J connectivity index is 1.71. The largest absolute Gasteiger partial charge is 0.454 e. The van der Waals surface area contributed by atoms with Crippen LogP contribution in [0.1, 0.15) is 37.7 Å². The fraction of sp³-hybridized carbons (Fsp3) is 0.294. The van der Waals surface area contributed by atoms with E-state index in [1.54, 1.807) is 6.07 Å². The van der Waals surface area contributed by atoms with E-state index in [4.69, 9.17) is 16.3 Å². The molecule has 3 rings (SSSR count). The summed E-state index contributed by atoms with van der Waals surface area (Å²) in [5, 5.41) is 0.0137. The molecule has 6 nitrogen and oxygen atoms in total. The fourth-order valence-corrected chi connectivity index (χ4v) is 4.81. The molecular formula is C17H16ClNO5S2. The third-order valence-electron chi connectivity index (χ3n) is 3.71. The first kappa shape index (κ1) is 19.0. The number of carbonyl (C=O) groups excluding carboxylic acids is 2. The molecule has 2 aromatic rings. The summed E-state index contributed by atoms with van der Waals surface area (Å²) in [6, 6.07) is 7.24. The molecule has 0 unspecified atom stereocenters. The standard InChI is InChI=1S/C17H16ClNO5S2/c1-10-2-7-15(25-10)14(20)9-24-17(21)11-3-6-13(18)16(8-11)26(22,23)19-12-4-5-12/h2-3,6-8,12,19H,4-5,9H2,1H3. The van der Waals surface area contributed by atoms with E-state index in [1.165, 1.54) is 23.5 Å². The third kappa shape index (κ3) is 4.50. The van der Waals surface area contributed by atoms with E-state index in [1.807, 2.05) is 13.0 Å². The average Bonchev–Trinajstić information content (AvgIpc) is 3.28. The molecule has 1 saturated carbocycles. The van der Waals surface area contributed by atoms with Gasteiger partial charge in [0.1, 0.15) is 4.90 Å². The maximum absolute atomic E-state index is 12.3. The molecule has 9 heteroatoms. The van der Waals surface area contributed by atoms with Crippen molar-refractivity contribution in [3.63, 3.8) is 0 Å². The van der Waals surface area contributed by atoms with Crippen LogP contribution in [-0.4, -0.2) is 32.8 Å². The summed E-state index contributed by atoms with van der Waals surface area (Å²) < 4.78 is 32.2. The van der Waals surface area contributed by atoms with Crippen molar-refractivity contribution >= 4 is 44.7 Å². The number of sulfonamides is 1. The Morgan fingerprint density at radius 3 is 2.62 bits per heavy atom. The molecule has 1 aliphatic carbocycles.